The lowest BCUT2D eigenvalue weighted by Gasteiger charge is -2.11. The Morgan fingerprint density at radius 3 is 2.11 bits per heavy atom. The van der Waals surface area contributed by atoms with Gasteiger partial charge in [-0.2, -0.15) is 0 Å². The molecule has 0 aliphatic rings. The Morgan fingerprint density at radius 2 is 1.57 bits per heavy atom. The van der Waals surface area contributed by atoms with Crippen molar-refractivity contribution in [3.05, 3.63) is 54.1 Å². The van der Waals surface area contributed by atoms with Gasteiger partial charge in [0.1, 0.15) is 5.75 Å². The van der Waals surface area contributed by atoms with Crippen LogP contribution in [0, 0.1) is 5.92 Å². The summed E-state index contributed by atoms with van der Waals surface area (Å²) in [5, 5.41) is 2.77. The first-order valence-electron chi connectivity index (χ1n) is 9.29. The number of sulfonamides is 1. The second kappa shape index (κ2) is 9.71. The van der Waals surface area contributed by atoms with Gasteiger partial charge >= 0.3 is 0 Å². The SMILES string of the molecule is CC(C)CNS(=O)(=O)c1ccc(OCC(=O)Nc2ccc(C(C)C)cc2)cc1. The van der Waals surface area contributed by atoms with Gasteiger partial charge in [-0.25, -0.2) is 13.1 Å². The third kappa shape index (κ3) is 6.65. The van der Waals surface area contributed by atoms with E-state index in [2.05, 4.69) is 23.9 Å². The van der Waals surface area contributed by atoms with Crippen LogP contribution in [0.3, 0.4) is 0 Å². The third-order valence-corrected chi connectivity index (χ3v) is 5.49. The highest BCUT2D eigenvalue weighted by Crippen LogP contribution is 2.18. The van der Waals surface area contributed by atoms with Gasteiger partial charge in [0, 0.05) is 12.2 Å². The monoisotopic (exact) mass is 404 g/mol. The molecule has 28 heavy (non-hydrogen) atoms. The average molecular weight is 405 g/mol. The minimum Gasteiger partial charge on any atom is -0.484 e. The zero-order valence-corrected chi connectivity index (χ0v) is 17.5. The summed E-state index contributed by atoms with van der Waals surface area (Å²) in [7, 11) is -3.54. The van der Waals surface area contributed by atoms with Gasteiger partial charge in [0.15, 0.2) is 6.61 Å². The van der Waals surface area contributed by atoms with Crippen LogP contribution in [0.2, 0.25) is 0 Å². The van der Waals surface area contributed by atoms with Crippen molar-refractivity contribution in [2.45, 2.75) is 38.5 Å². The van der Waals surface area contributed by atoms with E-state index in [0.717, 1.165) is 0 Å². The number of carbonyl (C=O) groups is 1. The molecule has 6 nitrogen and oxygen atoms in total. The van der Waals surface area contributed by atoms with Gasteiger partial charge in [0.05, 0.1) is 4.90 Å². The molecule has 0 fully saturated rings. The topological polar surface area (TPSA) is 84.5 Å². The molecule has 2 N–H and O–H groups in total. The van der Waals surface area contributed by atoms with Gasteiger partial charge in [-0.1, -0.05) is 39.8 Å². The van der Waals surface area contributed by atoms with E-state index in [1.165, 1.54) is 29.8 Å². The van der Waals surface area contributed by atoms with Gasteiger partial charge in [0.25, 0.3) is 5.91 Å². The molecular weight excluding hydrogens is 376 g/mol. The number of hydrogen-bond acceptors (Lipinski definition) is 4. The Balaban J connectivity index is 1.87. The summed E-state index contributed by atoms with van der Waals surface area (Å²) in [6.45, 7) is 8.30. The van der Waals surface area contributed by atoms with Crippen molar-refractivity contribution in [1.82, 2.24) is 4.72 Å². The minimum atomic E-state index is -3.54. The molecule has 0 heterocycles. The fraction of sp³-hybridized carbons (Fsp3) is 0.381. The standard InChI is InChI=1S/C21H28N2O4S/c1-15(2)13-22-28(25,26)20-11-9-19(10-12-20)27-14-21(24)23-18-7-5-17(6-8-18)16(3)4/h5-12,15-16,22H,13-14H2,1-4H3,(H,23,24). The van der Waals surface area contributed by atoms with Crippen molar-refractivity contribution in [3.8, 4) is 5.75 Å². The third-order valence-electron chi connectivity index (χ3n) is 4.05. The molecule has 0 aliphatic heterocycles. The number of amides is 1. The van der Waals surface area contributed by atoms with Crippen molar-refractivity contribution < 1.29 is 17.9 Å². The molecule has 2 rings (SSSR count). The summed E-state index contributed by atoms with van der Waals surface area (Å²) in [6.07, 6.45) is 0. The summed E-state index contributed by atoms with van der Waals surface area (Å²) < 4.78 is 32.3. The lowest BCUT2D eigenvalue weighted by Crippen LogP contribution is -2.27. The molecule has 0 atom stereocenters. The first-order chi connectivity index (χ1) is 13.2. The molecule has 152 valence electrons. The van der Waals surface area contributed by atoms with Crippen molar-refractivity contribution >= 4 is 21.6 Å². The number of ether oxygens (including phenoxy) is 1. The second-order valence-electron chi connectivity index (χ2n) is 7.33. The van der Waals surface area contributed by atoms with Crippen LogP contribution in [0.5, 0.6) is 5.75 Å². The Kier molecular flexibility index (Phi) is 7.60. The van der Waals surface area contributed by atoms with Crippen molar-refractivity contribution in [3.63, 3.8) is 0 Å². The smallest absolute Gasteiger partial charge is 0.262 e. The number of nitrogens with one attached hydrogen (secondary N) is 2. The van der Waals surface area contributed by atoms with Crippen LogP contribution in [-0.2, 0) is 14.8 Å². The lowest BCUT2D eigenvalue weighted by atomic mass is 10.0. The van der Waals surface area contributed by atoms with E-state index in [-0.39, 0.29) is 23.3 Å². The highest BCUT2D eigenvalue weighted by molar-refractivity contribution is 7.89. The quantitative estimate of drug-likeness (QED) is 0.666. The van der Waals surface area contributed by atoms with Crippen LogP contribution in [0.25, 0.3) is 0 Å². The second-order valence-corrected chi connectivity index (χ2v) is 9.10. The largest absolute Gasteiger partial charge is 0.484 e. The Bertz CT molecular complexity index is 874. The Hall–Kier alpha value is -2.38. The first-order valence-corrected chi connectivity index (χ1v) is 10.8. The van der Waals surface area contributed by atoms with E-state index in [4.69, 9.17) is 4.74 Å². The molecule has 0 unspecified atom stereocenters. The van der Waals surface area contributed by atoms with Crippen molar-refractivity contribution in [2.75, 3.05) is 18.5 Å². The van der Waals surface area contributed by atoms with E-state index >= 15 is 0 Å². The maximum absolute atomic E-state index is 12.2. The average Bonchev–Trinajstić information content (AvgIpc) is 2.65. The van der Waals surface area contributed by atoms with Crippen LogP contribution in [0.4, 0.5) is 5.69 Å². The van der Waals surface area contributed by atoms with E-state index in [1.807, 2.05) is 38.1 Å². The predicted octanol–water partition coefficient (Wildman–Crippen LogP) is 3.76. The molecule has 2 aromatic carbocycles. The van der Waals surface area contributed by atoms with Gasteiger partial charge in [-0.3, -0.25) is 4.79 Å². The molecule has 0 saturated carbocycles. The molecule has 0 aromatic heterocycles. The Labute approximate surface area is 167 Å². The number of carbonyl (C=O) groups excluding carboxylic acids is 1. The molecule has 2 aromatic rings. The summed E-state index contributed by atoms with van der Waals surface area (Å²) in [5.41, 5.74) is 1.91. The van der Waals surface area contributed by atoms with Crippen LogP contribution < -0.4 is 14.8 Å². The molecular formula is C21H28N2O4S. The van der Waals surface area contributed by atoms with Crippen molar-refractivity contribution in [1.29, 1.82) is 0 Å². The molecule has 7 heteroatoms. The fourth-order valence-electron chi connectivity index (χ4n) is 2.37. The number of rotatable bonds is 9. The Morgan fingerprint density at radius 1 is 0.964 bits per heavy atom. The summed E-state index contributed by atoms with van der Waals surface area (Å²) >= 11 is 0. The van der Waals surface area contributed by atoms with E-state index in [1.54, 1.807) is 0 Å². The first kappa shape index (κ1) is 21.9. The van der Waals surface area contributed by atoms with E-state index < -0.39 is 10.0 Å². The number of anilines is 1. The summed E-state index contributed by atoms with van der Waals surface area (Å²) in [5.74, 6) is 0.790. The molecule has 0 aliphatic carbocycles. The molecule has 0 radical (unpaired) electrons. The van der Waals surface area contributed by atoms with Crippen LogP contribution in [0.15, 0.2) is 53.4 Å². The molecule has 1 amide bonds. The number of benzene rings is 2. The van der Waals surface area contributed by atoms with Crippen molar-refractivity contribution in [2.24, 2.45) is 5.92 Å². The van der Waals surface area contributed by atoms with Gasteiger partial charge in [-0.15, -0.1) is 0 Å². The van der Waals surface area contributed by atoms with Crippen LogP contribution >= 0.6 is 0 Å². The normalized spacial score (nSPS) is 11.6. The fourth-order valence-corrected chi connectivity index (χ4v) is 3.59. The van der Waals surface area contributed by atoms with Gasteiger partial charge < -0.3 is 10.1 Å². The molecule has 0 saturated heterocycles. The van der Waals surface area contributed by atoms with Gasteiger partial charge in [-0.05, 0) is 53.8 Å². The lowest BCUT2D eigenvalue weighted by molar-refractivity contribution is -0.118. The maximum Gasteiger partial charge on any atom is 0.262 e. The minimum absolute atomic E-state index is 0.162. The highest BCUT2D eigenvalue weighted by Gasteiger charge is 2.14. The highest BCUT2D eigenvalue weighted by atomic mass is 32.2. The van der Waals surface area contributed by atoms with E-state index in [0.29, 0.717) is 23.9 Å². The zero-order chi connectivity index (χ0) is 20.7. The maximum atomic E-state index is 12.2. The zero-order valence-electron chi connectivity index (χ0n) is 16.7. The van der Waals surface area contributed by atoms with Crippen LogP contribution in [-0.4, -0.2) is 27.5 Å². The summed E-state index contributed by atoms with van der Waals surface area (Å²) in [4.78, 5) is 12.2. The number of hydrogen-bond donors (Lipinski definition) is 2. The van der Waals surface area contributed by atoms with Gasteiger partial charge in [0.2, 0.25) is 10.0 Å². The van der Waals surface area contributed by atoms with Crippen LogP contribution in [0.1, 0.15) is 39.2 Å². The molecule has 0 spiro atoms. The molecule has 0 bridgehead atoms. The predicted molar refractivity (Wildman–Crippen MR) is 111 cm³/mol. The summed E-state index contributed by atoms with van der Waals surface area (Å²) in [6, 6.07) is 13.7. The van der Waals surface area contributed by atoms with E-state index in [9.17, 15) is 13.2 Å².